The van der Waals surface area contributed by atoms with Crippen LogP contribution in [0.25, 0.3) is 17.0 Å². The first-order valence-corrected chi connectivity index (χ1v) is 8.45. The van der Waals surface area contributed by atoms with Gasteiger partial charge in [0.15, 0.2) is 11.9 Å². The van der Waals surface area contributed by atoms with Gasteiger partial charge in [-0.15, -0.1) is 0 Å². The highest BCUT2D eigenvalue weighted by atomic mass is 16.6. The van der Waals surface area contributed by atoms with E-state index in [1.807, 2.05) is 30.5 Å². The van der Waals surface area contributed by atoms with Crippen LogP contribution in [-0.4, -0.2) is 30.0 Å². The maximum Gasteiger partial charge on any atom is 0.346 e. The summed E-state index contributed by atoms with van der Waals surface area (Å²) < 4.78 is 15.9. The molecule has 6 nitrogen and oxygen atoms in total. The van der Waals surface area contributed by atoms with Crippen molar-refractivity contribution in [3.8, 4) is 11.5 Å². The maximum absolute atomic E-state index is 12.6. The van der Waals surface area contributed by atoms with E-state index in [1.54, 1.807) is 31.2 Å². The molecule has 1 aromatic heterocycles. The number of ketones is 1. The van der Waals surface area contributed by atoms with Gasteiger partial charge in [0.1, 0.15) is 11.5 Å². The lowest BCUT2D eigenvalue weighted by Crippen LogP contribution is -2.24. The van der Waals surface area contributed by atoms with Crippen molar-refractivity contribution in [1.29, 1.82) is 0 Å². The van der Waals surface area contributed by atoms with E-state index in [0.29, 0.717) is 17.1 Å². The van der Waals surface area contributed by atoms with Gasteiger partial charge in [-0.3, -0.25) is 4.79 Å². The molecule has 136 valence electrons. The third-order valence-electron chi connectivity index (χ3n) is 4.40. The van der Waals surface area contributed by atoms with E-state index in [2.05, 4.69) is 9.72 Å². The van der Waals surface area contributed by atoms with Crippen LogP contribution in [0.4, 0.5) is 0 Å². The Kier molecular flexibility index (Phi) is 4.16. The predicted molar refractivity (Wildman–Crippen MR) is 99.8 cm³/mol. The number of nitrogens with one attached hydrogen (secondary N) is 1. The standard InChI is InChI=1S/C21H17NO5/c1-12(21(24)25-2)26-14-7-8-16-18(10-14)27-19(20(16)23)9-13-11-22-17-6-4-3-5-15(13)17/h3-12,22H,1-2H3. The normalized spacial score (nSPS) is 15.5. The molecular weight excluding hydrogens is 346 g/mol. The van der Waals surface area contributed by atoms with Gasteiger partial charge < -0.3 is 19.2 Å². The Morgan fingerprint density at radius 2 is 2.04 bits per heavy atom. The van der Waals surface area contributed by atoms with Crippen LogP contribution in [-0.2, 0) is 9.53 Å². The first-order chi connectivity index (χ1) is 13.1. The van der Waals surface area contributed by atoms with Crippen LogP contribution in [0.5, 0.6) is 11.5 Å². The van der Waals surface area contributed by atoms with Gasteiger partial charge >= 0.3 is 5.97 Å². The minimum atomic E-state index is -0.758. The molecule has 27 heavy (non-hydrogen) atoms. The van der Waals surface area contributed by atoms with Crippen LogP contribution >= 0.6 is 0 Å². The highest BCUT2D eigenvalue weighted by molar-refractivity contribution is 6.15. The van der Waals surface area contributed by atoms with Crippen molar-refractivity contribution in [2.45, 2.75) is 13.0 Å². The molecule has 0 aliphatic carbocycles. The number of aromatic amines is 1. The molecule has 2 heterocycles. The topological polar surface area (TPSA) is 77.6 Å². The fraction of sp³-hybridized carbons (Fsp3) is 0.143. The van der Waals surface area contributed by atoms with E-state index in [4.69, 9.17) is 9.47 Å². The number of benzene rings is 2. The number of hydrogen-bond acceptors (Lipinski definition) is 5. The Balaban J connectivity index is 1.61. The molecule has 0 amide bonds. The van der Waals surface area contributed by atoms with Gasteiger partial charge in [0, 0.05) is 28.7 Å². The average Bonchev–Trinajstić information content (AvgIpc) is 3.22. The lowest BCUT2D eigenvalue weighted by molar-refractivity contribution is -0.147. The molecule has 1 N–H and O–H groups in total. The van der Waals surface area contributed by atoms with Crippen molar-refractivity contribution in [3.63, 3.8) is 0 Å². The Morgan fingerprint density at radius 3 is 2.85 bits per heavy atom. The summed E-state index contributed by atoms with van der Waals surface area (Å²) in [6, 6.07) is 12.7. The lowest BCUT2D eigenvalue weighted by atomic mass is 10.1. The number of rotatable bonds is 4. The Morgan fingerprint density at radius 1 is 1.22 bits per heavy atom. The lowest BCUT2D eigenvalue weighted by Gasteiger charge is -2.12. The zero-order valence-electron chi connectivity index (χ0n) is 14.8. The molecule has 2 aromatic carbocycles. The molecule has 1 unspecified atom stereocenters. The Bertz CT molecular complexity index is 1080. The van der Waals surface area contributed by atoms with E-state index in [0.717, 1.165) is 16.5 Å². The van der Waals surface area contributed by atoms with Crippen LogP contribution in [0.15, 0.2) is 54.4 Å². The molecule has 1 aliphatic rings. The van der Waals surface area contributed by atoms with Crippen molar-refractivity contribution in [2.24, 2.45) is 0 Å². The molecule has 1 aliphatic heterocycles. The number of H-pyrrole nitrogens is 1. The van der Waals surface area contributed by atoms with Crippen LogP contribution < -0.4 is 9.47 Å². The van der Waals surface area contributed by atoms with Gasteiger partial charge in [0.25, 0.3) is 0 Å². The first-order valence-electron chi connectivity index (χ1n) is 8.45. The van der Waals surface area contributed by atoms with Crippen molar-refractivity contribution >= 4 is 28.7 Å². The largest absolute Gasteiger partial charge is 0.479 e. The number of Topliss-reactive ketones (excluding diaryl/α,β-unsaturated/α-hetero) is 1. The first kappa shape index (κ1) is 16.9. The van der Waals surface area contributed by atoms with Crippen molar-refractivity contribution < 1.29 is 23.8 Å². The van der Waals surface area contributed by atoms with Gasteiger partial charge in [-0.05, 0) is 31.2 Å². The fourth-order valence-corrected chi connectivity index (χ4v) is 3.01. The maximum atomic E-state index is 12.6. The molecule has 0 radical (unpaired) electrons. The third kappa shape index (κ3) is 3.06. The highest BCUT2D eigenvalue weighted by Gasteiger charge is 2.28. The number of para-hydroxylation sites is 1. The Labute approximate surface area is 155 Å². The van der Waals surface area contributed by atoms with E-state index < -0.39 is 12.1 Å². The summed E-state index contributed by atoms with van der Waals surface area (Å²) in [6.45, 7) is 1.59. The average molecular weight is 363 g/mol. The van der Waals surface area contributed by atoms with Crippen LogP contribution in [0.1, 0.15) is 22.8 Å². The Hall–Kier alpha value is -3.54. The van der Waals surface area contributed by atoms with E-state index in [1.165, 1.54) is 7.11 Å². The molecule has 1 atom stereocenters. The number of fused-ring (bicyclic) bond motifs is 2. The third-order valence-corrected chi connectivity index (χ3v) is 4.40. The second kappa shape index (κ2) is 6.64. The summed E-state index contributed by atoms with van der Waals surface area (Å²) in [5.74, 6) is 0.400. The number of methoxy groups -OCH3 is 1. The van der Waals surface area contributed by atoms with Gasteiger partial charge in [0.2, 0.25) is 5.78 Å². The monoisotopic (exact) mass is 363 g/mol. The smallest absolute Gasteiger partial charge is 0.346 e. The second-order valence-electron chi connectivity index (χ2n) is 6.17. The van der Waals surface area contributed by atoms with Gasteiger partial charge in [0.05, 0.1) is 12.7 Å². The molecule has 0 saturated heterocycles. The SMILES string of the molecule is COC(=O)C(C)Oc1ccc2c(c1)OC(=Cc1c[nH]c3ccccc13)C2=O. The van der Waals surface area contributed by atoms with Crippen LogP contribution in [0.3, 0.4) is 0 Å². The predicted octanol–water partition coefficient (Wildman–Crippen LogP) is 3.72. The number of carbonyl (C=O) groups excluding carboxylic acids is 2. The van der Waals surface area contributed by atoms with Gasteiger partial charge in [-0.2, -0.15) is 0 Å². The summed E-state index contributed by atoms with van der Waals surface area (Å²) in [7, 11) is 1.30. The van der Waals surface area contributed by atoms with E-state index in [9.17, 15) is 9.59 Å². The zero-order valence-corrected chi connectivity index (χ0v) is 14.8. The molecule has 4 rings (SSSR count). The summed E-state index contributed by atoms with van der Waals surface area (Å²) in [5, 5.41) is 1.01. The minimum Gasteiger partial charge on any atom is -0.479 e. The molecule has 6 heteroatoms. The van der Waals surface area contributed by atoms with Crippen LogP contribution in [0.2, 0.25) is 0 Å². The summed E-state index contributed by atoms with van der Waals surface area (Å²) in [6.07, 6.45) is 2.80. The van der Waals surface area contributed by atoms with Gasteiger partial charge in [-0.1, -0.05) is 18.2 Å². The van der Waals surface area contributed by atoms with Crippen molar-refractivity contribution in [3.05, 3.63) is 65.5 Å². The fourth-order valence-electron chi connectivity index (χ4n) is 3.01. The summed E-state index contributed by atoms with van der Waals surface area (Å²) in [5.41, 5.74) is 2.32. The zero-order chi connectivity index (χ0) is 19.0. The molecule has 0 bridgehead atoms. The van der Waals surface area contributed by atoms with E-state index in [-0.39, 0.29) is 11.5 Å². The summed E-state index contributed by atoms with van der Waals surface area (Å²) in [4.78, 5) is 27.3. The van der Waals surface area contributed by atoms with Crippen molar-refractivity contribution in [2.75, 3.05) is 7.11 Å². The highest BCUT2D eigenvalue weighted by Crippen LogP contribution is 2.35. The number of esters is 1. The number of allylic oxidation sites excluding steroid dienone is 1. The number of hydrogen-bond donors (Lipinski definition) is 1. The van der Waals surface area contributed by atoms with Crippen LogP contribution in [0, 0.1) is 0 Å². The molecule has 0 fully saturated rings. The van der Waals surface area contributed by atoms with Crippen molar-refractivity contribution in [1.82, 2.24) is 4.98 Å². The molecule has 3 aromatic rings. The quantitative estimate of drug-likeness (QED) is 0.565. The number of aromatic nitrogens is 1. The minimum absolute atomic E-state index is 0.192. The number of ether oxygens (including phenoxy) is 3. The number of carbonyl (C=O) groups is 2. The summed E-state index contributed by atoms with van der Waals surface area (Å²) >= 11 is 0. The van der Waals surface area contributed by atoms with Gasteiger partial charge in [-0.25, -0.2) is 4.79 Å². The molecule has 0 saturated carbocycles. The molecular formula is C21H17NO5. The second-order valence-corrected chi connectivity index (χ2v) is 6.17. The van der Waals surface area contributed by atoms with E-state index >= 15 is 0 Å². The molecule has 0 spiro atoms.